The second-order valence-electron chi connectivity index (χ2n) is 3.84. The van der Waals surface area contributed by atoms with Gasteiger partial charge in [0.2, 0.25) is 0 Å². The second kappa shape index (κ2) is 2.25. The molecule has 1 N–H and O–H groups in total. The quantitative estimate of drug-likeness (QED) is 0.503. The van der Waals surface area contributed by atoms with E-state index in [1.165, 1.54) is 5.57 Å². The molecule has 2 aliphatic rings. The minimum absolute atomic E-state index is 0.368. The number of allylic oxidation sites excluding steroid dienone is 2. The Kier molecular flexibility index (Phi) is 1.52. The molecule has 0 aromatic rings. The summed E-state index contributed by atoms with van der Waals surface area (Å²) in [5.41, 5.74) is 1.27. The molecule has 3 heteroatoms. The van der Waals surface area contributed by atoms with Crippen LogP contribution in [0.15, 0.2) is 11.6 Å². The molecule has 12 heavy (non-hydrogen) atoms. The van der Waals surface area contributed by atoms with Crippen molar-refractivity contribution < 1.29 is 9.90 Å². The third kappa shape index (κ3) is 0.908. The van der Waals surface area contributed by atoms with Crippen molar-refractivity contribution in [2.75, 3.05) is 0 Å². The monoisotopic (exact) mass is 186 g/mol. The van der Waals surface area contributed by atoms with Crippen molar-refractivity contribution in [1.29, 1.82) is 0 Å². The molecule has 0 amide bonds. The molecule has 0 spiro atoms. The number of hydrogen-bond donors (Lipinski definition) is 1. The zero-order valence-corrected chi connectivity index (χ0v) is 7.64. The van der Waals surface area contributed by atoms with Crippen LogP contribution in [0.4, 0.5) is 0 Å². The number of halogens is 1. The van der Waals surface area contributed by atoms with Crippen LogP contribution in [0.3, 0.4) is 0 Å². The lowest BCUT2D eigenvalue weighted by atomic mass is 9.90. The Hall–Kier alpha value is -0.500. The number of aliphatic carboxylic acids is 1. The van der Waals surface area contributed by atoms with E-state index in [9.17, 15) is 4.79 Å². The predicted molar refractivity (Wildman–Crippen MR) is 46.2 cm³/mol. The van der Waals surface area contributed by atoms with Crippen molar-refractivity contribution in [1.82, 2.24) is 0 Å². The summed E-state index contributed by atoms with van der Waals surface area (Å²) in [6, 6.07) is 0. The topological polar surface area (TPSA) is 37.3 Å². The van der Waals surface area contributed by atoms with E-state index in [-0.39, 0.29) is 5.92 Å². The third-order valence-electron chi connectivity index (χ3n) is 3.07. The molecule has 0 saturated heterocycles. The maximum absolute atomic E-state index is 10.8. The Morgan fingerprint density at radius 2 is 2.50 bits per heavy atom. The predicted octanol–water partition coefficient (Wildman–Crippen LogP) is 2.03. The highest BCUT2D eigenvalue weighted by atomic mass is 35.5. The smallest absolute Gasteiger partial charge is 0.308 e. The first-order chi connectivity index (χ1) is 5.53. The van der Waals surface area contributed by atoms with Gasteiger partial charge in [-0.15, -0.1) is 11.6 Å². The summed E-state index contributed by atoms with van der Waals surface area (Å²) in [6.07, 6.45) is 3.47. The normalized spacial score (nSPS) is 44.7. The van der Waals surface area contributed by atoms with Crippen LogP contribution in [0.25, 0.3) is 0 Å². The lowest BCUT2D eigenvalue weighted by molar-refractivity contribution is -0.142. The third-order valence-corrected chi connectivity index (χ3v) is 3.60. The number of alkyl halides is 1. The van der Waals surface area contributed by atoms with Gasteiger partial charge in [0.05, 0.1) is 10.8 Å². The van der Waals surface area contributed by atoms with Crippen LogP contribution >= 0.6 is 11.6 Å². The Morgan fingerprint density at radius 3 is 2.83 bits per heavy atom. The summed E-state index contributed by atoms with van der Waals surface area (Å²) in [4.78, 5) is 10.2. The van der Waals surface area contributed by atoms with Crippen molar-refractivity contribution in [3.63, 3.8) is 0 Å². The number of rotatable bonds is 1. The van der Waals surface area contributed by atoms with Crippen molar-refractivity contribution in [2.24, 2.45) is 11.8 Å². The Morgan fingerprint density at radius 1 is 1.83 bits per heavy atom. The molecule has 0 heterocycles. The molecule has 66 valence electrons. The largest absolute Gasteiger partial charge is 0.481 e. The number of hydrogen-bond acceptors (Lipinski definition) is 1. The molecule has 2 bridgehead atoms. The van der Waals surface area contributed by atoms with Crippen LogP contribution in [0, 0.1) is 11.8 Å². The van der Waals surface area contributed by atoms with E-state index >= 15 is 0 Å². The van der Waals surface area contributed by atoms with Gasteiger partial charge in [-0.1, -0.05) is 11.6 Å². The van der Waals surface area contributed by atoms with Gasteiger partial charge in [-0.25, -0.2) is 0 Å². The van der Waals surface area contributed by atoms with Gasteiger partial charge < -0.3 is 5.11 Å². The van der Waals surface area contributed by atoms with Crippen LogP contribution in [0.5, 0.6) is 0 Å². The van der Waals surface area contributed by atoms with Gasteiger partial charge in [-0.2, -0.15) is 0 Å². The number of carboxylic acids is 1. The molecular weight excluding hydrogens is 176 g/mol. The zero-order chi connectivity index (χ0) is 8.93. The number of carbonyl (C=O) groups is 1. The second-order valence-corrected chi connectivity index (χ2v) is 4.55. The molecule has 0 aliphatic heterocycles. The first kappa shape index (κ1) is 8.11. The van der Waals surface area contributed by atoms with Crippen LogP contribution in [-0.2, 0) is 4.79 Å². The van der Waals surface area contributed by atoms with Crippen molar-refractivity contribution in [3.05, 3.63) is 11.6 Å². The van der Waals surface area contributed by atoms with E-state index in [1.54, 1.807) is 0 Å². The van der Waals surface area contributed by atoms with Gasteiger partial charge in [-0.3, -0.25) is 4.79 Å². The number of fused-ring (bicyclic) bond motifs is 2. The Bertz CT molecular complexity index is 272. The average Bonchev–Trinajstić information content (AvgIpc) is 2.38. The van der Waals surface area contributed by atoms with Gasteiger partial charge in [-0.05, 0) is 25.7 Å². The SMILES string of the molecule is CC1=CC2(Cl)CC1CC2C(=O)O. The van der Waals surface area contributed by atoms with Crippen LogP contribution < -0.4 is 0 Å². The van der Waals surface area contributed by atoms with Gasteiger partial charge in [0.1, 0.15) is 0 Å². The summed E-state index contributed by atoms with van der Waals surface area (Å²) in [5, 5.41) is 8.87. The van der Waals surface area contributed by atoms with Crippen molar-refractivity contribution in [3.8, 4) is 0 Å². The maximum Gasteiger partial charge on any atom is 0.308 e. The molecule has 1 fully saturated rings. The summed E-state index contributed by atoms with van der Waals surface area (Å²) in [5.74, 6) is -0.701. The minimum atomic E-state index is -0.753. The van der Waals surface area contributed by atoms with E-state index in [0.717, 1.165) is 12.8 Å². The molecule has 1 saturated carbocycles. The zero-order valence-electron chi connectivity index (χ0n) is 6.88. The van der Waals surface area contributed by atoms with E-state index < -0.39 is 10.8 Å². The van der Waals surface area contributed by atoms with Gasteiger partial charge in [0, 0.05) is 0 Å². The Labute approximate surface area is 76.2 Å². The van der Waals surface area contributed by atoms with Crippen LogP contribution in [0.2, 0.25) is 0 Å². The summed E-state index contributed by atoms with van der Waals surface area (Å²) < 4.78 is 0. The van der Waals surface area contributed by atoms with Crippen LogP contribution in [0.1, 0.15) is 19.8 Å². The molecular formula is C9H11ClO2. The van der Waals surface area contributed by atoms with E-state index in [2.05, 4.69) is 0 Å². The van der Waals surface area contributed by atoms with E-state index in [0.29, 0.717) is 5.92 Å². The number of carboxylic acid groups (broad SMARTS) is 1. The van der Waals surface area contributed by atoms with E-state index in [4.69, 9.17) is 16.7 Å². The first-order valence-corrected chi connectivity index (χ1v) is 4.52. The molecule has 0 aromatic carbocycles. The summed E-state index contributed by atoms with van der Waals surface area (Å²) >= 11 is 6.20. The first-order valence-electron chi connectivity index (χ1n) is 4.14. The molecule has 2 nitrogen and oxygen atoms in total. The summed E-state index contributed by atoms with van der Waals surface area (Å²) in [6.45, 7) is 2.03. The highest BCUT2D eigenvalue weighted by Crippen LogP contribution is 2.54. The average molecular weight is 187 g/mol. The molecule has 2 aliphatic carbocycles. The lowest BCUT2D eigenvalue weighted by Gasteiger charge is -2.22. The minimum Gasteiger partial charge on any atom is -0.481 e. The fourth-order valence-electron chi connectivity index (χ4n) is 2.39. The van der Waals surface area contributed by atoms with E-state index in [1.807, 2.05) is 13.0 Å². The van der Waals surface area contributed by atoms with Crippen LogP contribution in [-0.4, -0.2) is 16.0 Å². The standard InChI is InChI=1S/C9H11ClO2/c1-5-3-9(10)4-6(5)2-7(9)8(11)12/h3,6-7H,2,4H2,1H3,(H,11,12). The maximum atomic E-state index is 10.8. The van der Waals surface area contributed by atoms with Gasteiger partial charge >= 0.3 is 5.97 Å². The Balaban J connectivity index is 2.32. The molecule has 0 radical (unpaired) electrons. The van der Waals surface area contributed by atoms with Crippen molar-refractivity contribution >= 4 is 17.6 Å². The molecule has 3 unspecified atom stereocenters. The fraction of sp³-hybridized carbons (Fsp3) is 0.667. The fourth-order valence-corrected chi connectivity index (χ4v) is 2.93. The van der Waals surface area contributed by atoms with Gasteiger partial charge in [0.15, 0.2) is 0 Å². The molecule has 3 atom stereocenters. The van der Waals surface area contributed by atoms with Gasteiger partial charge in [0.25, 0.3) is 0 Å². The molecule has 0 aromatic heterocycles. The highest BCUT2D eigenvalue weighted by Gasteiger charge is 2.52. The van der Waals surface area contributed by atoms with Crippen molar-refractivity contribution in [2.45, 2.75) is 24.6 Å². The lowest BCUT2D eigenvalue weighted by Crippen LogP contribution is -2.30. The molecule has 2 rings (SSSR count). The highest BCUT2D eigenvalue weighted by molar-refractivity contribution is 6.27. The summed E-state index contributed by atoms with van der Waals surface area (Å²) in [7, 11) is 0.